The summed E-state index contributed by atoms with van der Waals surface area (Å²) in [5.74, 6) is 0. The first-order valence-electron chi connectivity index (χ1n) is 11.0. The molecular formula is C30H19NOS. The van der Waals surface area contributed by atoms with E-state index < -0.39 is 0 Å². The molecule has 5 aromatic carbocycles. The molecule has 0 aliphatic carbocycles. The van der Waals surface area contributed by atoms with E-state index in [-0.39, 0.29) is 0 Å². The van der Waals surface area contributed by atoms with E-state index in [1.807, 2.05) is 23.5 Å². The van der Waals surface area contributed by atoms with E-state index in [1.54, 1.807) is 0 Å². The van der Waals surface area contributed by atoms with E-state index >= 15 is 0 Å². The zero-order chi connectivity index (χ0) is 21.8. The van der Waals surface area contributed by atoms with E-state index in [1.165, 1.54) is 31.3 Å². The van der Waals surface area contributed by atoms with Gasteiger partial charge >= 0.3 is 0 Å². The number of rotatable bonds is 3. The average molecular weight is 442 g/mol. The largest absolute Gasteiger partial charge is 0.454 e. The number of fused-ring (bicyclic) bond motifs is 6. The van der Waals surface area contributed by atoms with Crippen molar-refractivity contribution in [3.8, 4) is 11.1 Å². The molecule has 1 N–H and O–H groups in total. The molecule has 0 spiro atoms. The molecule has 3 heteroatoms. The maximum atomic E-state index is 6.20. The van der Waals surface area contributed by atoms with Crippen molar-refractivity contribution >= 4 is 64.8 Å². The lowest BCUT2D eigenvalue weighted by atomic mass is 10.0. The Morgan fingerprint density at radius 3 is 2.33 bits per heavy atom. The highest BCUT2D eigenvalue weighted by atomic mass is 32.1. The first-order chi connectivity index (χ1) is 16.3. The van der Waals surface area contributed by atoms with Gasteiger partial charge in [0.25, 0.3) is 0 Å². The van der Waals surface area contributed by atoms with Crippen LogP contribution in [-0.4, -0.2) is 0 Å². The Bertz CT molecular complexity index is 1810. The zero-order valence-electron chi connectivity index (χ0n) is 17.7. The quantitative estimate of drug-likeness (QED) is 0.295. The average Bonchev–Trinajstić information content (AvgIpc) is 3.43. The van der Waals surface area contributed by atoms with Crippen molar-refractivity contribution in [3.63, 3.8) is 0 Å². The van der Waals surface area contributed by atoms with Crippen LogP contribution in [0.15, 0.2) is 114 Å². The van der Waals surface area contributed by atoms with Gasteiger partial charge in [-0.15, -0.1) is 11.3 Å². The number of hydrogen-bond donors (Lipinski definition) is 1. The van der Waals surface area contributed by atoms with Crippen LogP contribution in [0.1, 0.15) is 0 Å². The monoisotopic (exact) mass is 441 g/mol. The number of para-hydroxylation sites is 2. The van der Waals surface area contributed by atoms with Gasteiger partial charge in [0.1, 0.15) is 5.58 Å². The van der Waals surface area contributed by atoms with Gasteiger partial charge < -0.3 is 9.73 Å². The van der Waals surface area contributed by atoms with Crippen molar-refractivity contribution in [2.45, 2.75) is 0 Å². The SMILES string of the molecule is c1cc(Nc2cccc3c2oc2ccccc23)cc(-c2cccc3c2sc2ccccc23)c1. The summed E-state index contributed by atoms with van der Waals surface area (Å²) in [6.07, 6.45) is 0. The highest BCUT2D eigenvalue weighted by molar-refractivity contribution is 7.26. The molecule has 156 valence electrons. The Balaban J connectivity index is 1.34. The standard InChI is InChI=1S/C30H19NOS/c1-3-16-27-22(10-1)24-13-7-15-26(29(24)32-27)31-20-9-5-8-19(18-20)21-12-6-14-25-23-11-2-4-17-28(23)33-30(21)25/h1-18,31H. The minimum atomic E-state index is 0.885. The summed E-state index contributed by atoms with van der Waals surface area (Å²) in [5.41, 5.74) is 6.27. The third-order valence-corrected chi connectivity index (χ3v) is 7.48. The highest BCUT2D eigenvalue weighted by Gasteiger charge is 2.12. The van der Waals surface area contributed by atoms with Crippen LogP contribution >= 0.6 is 11.3 Å². The van der Waals surface area contributed by atoms with Crippen molar-refractivity contribution in [1.82, 2.24) is 0 Å². The predicted molar refractivity (Wildman–Crippen MR) is 142 cm³/mol. The first kappa shape index (κ1) is 18.5. The molecule has 0 saturated carbocycles. The smallest absolute Gasteiger partial charge is 0.158 e. The number of benzene rings is 5. The van der Waals surface area contributed by atoms with Crippen molar-refractivity contribution in [2.24, 2.45) is 0 Å². The minimum absolute atomic E-state index is 0.885. The van der Waals surface area contributed by atoms with Gasteiger partial charge in [-0.3, -0.25) is 0 Å². The van der Waals surface area contributed by atoms with Crippen LogP contribution in [0, 0.1) is 0 Å². The molecular weight excluding hydrogens is 422 g/mol. The van der Waals surface area contributed by atoms with Gasteiger partial charge in [-0.1, -0.05) is 78.9 Å². The number of furan rings is 1. The minimum Gasteiger partial charge on any atom is -0.454 e. The maximum absolute atomic E-state index is 6.20. The molecule has 0 bridgehead atoms. The van der Waals surface area contributed by atoms with Gasteiger partial charge in [-0.25, -0.2) is 0 Å². The molecule has 0 fully saturated rings. The molecule has 7 aromatic rings. The first-order valence-corrected chi connectivity index (χ1v) is 11.8. The van der Waals surface area contributed by atoms with Gasteiger partial charge in [0, 0.05) is 36.6 Å². The van der Waals surface area contributed by atoms with Crippen molar-refractivity contribution < 1.29 is 4.42 Å². The van der Waals surface area contributed by atoms with Gasteiger partial charge in [0.05, 0.1) is 5.69 Å². The molecule has 0 atom stereocenters. The summed E-state index contributed by atoms with van der Waals surface area (Å²) in [4.78, 5) is 0. The van der Waals surface area contributed by atoms with Crippen LogP contribution in [0.2, 0.25) is 0 Å². The van der Waals surface area contributed by atoms with Crippen LogP contribution in [0.3, 0.4) is 0 Å². The summed E-state index contributed by atoms with van der Waals surface area (Å²) < 4.78 is 8.85. The number of nitrogens with one attached hydrogen (secondary N) is 1. The van der Waals surface area contributed by atoms with Crippen molar-refractivity contribution in [2.75, 3.05) is 5.32 Å². The third-order valence-electron chi connectivity index (χ3n) is 6.26. The van der Waals surface area contributed by atoms with Crippen LogP contribution in [-0.2, 0) is 0 Å². The molecule has 0 aliphatic heterocycles. The van der Waals surface area contributed by atoms with Gasteiger partial charge in [0.15, 0.2) is 5.58 Å². The second kappa shape index (κ2) is 7.22. The van der Waals surface area contributed by atoms with Gasteiger partial charge in [0.2, 0.25) is 0 Å². The third kappa shape index (κ3) is 2.94. The van der Waals surface area contributed by atoms with Crippen molar-refractivity contribution in [1.29, 1.82) is 0 Å². The lowest BCUT2D eigenvalue weighted by Gasteiger charge is -2.10. The number of hydrogen-bond acceptors (Lipinski definition) is 3. The van der Waals surface area contributed by atoms with Crippen LogP contribution in [0.5, 0.6) is 0 Å². The fourth-order valence-electron chi connectivity index (χ4n) is 4.74. The Hall–Kier alpha value is -4.08. The molecule has 33 heavy (non-hydrogen) atoms. The molecule has 0 unspecified atom stereocenters. The van der Waals surface area contributed by atoms with E-state index in [9.17, 15) is 0 Å². The summed E-state index contributed by atoms with van der Waals surface area (Å²) >= 11 is 1.86. The van der Waals surface area contributed by atoms with Gasteiger partial charge in [-0.05, 0) is 41.5 Å². The molecule has 0 saturated heterocycles. The Labute approximate surface area is 194 Å². The molecule has 0 radical (unpaired) electrons. The lowest BCUT2D eigenvalue weighted by molar-refractivity contribution is 0.670. The van der Waals surface area contributed by atoms with E-state index in [0.29, 0.717) is 0 Å². The molecule has 2 nitrogen and oxygen atoms in total. The van der Waals surface area contributed by atoms with Crippen LogP contribution < -0.4 is 5.32 Å². The molecule has 7 rings (SSSR count). The summed E-state index contributed by atoms with van der Waals surface area (Å²) in [6.45, 7) is 0. The lowest BCUT2D eigenvalue weighted by Crippen LogP contribution is -1.91. The van der Waals surface area contributed by atoms with E-state index in [0.717, 1.165) is 33.3 Å². The Morgan fingerprint density at radius 1 is 0.606 bits per heavy atom. The summed E-state index contributed by atoms with van der Waals surface area (Å²) in [5, 5.41) is 8.51. The molecule has 0 aliphatic rings. The second-order valence-corrected chi connectivity index (χ2v) is 9.32. The second-order valence-electron chi connectivity index (χ2n) is 8.27. The number of thiophene rings is 1. The zero-order valence-corrected chi connectivity index (χ0v) is 18.5. The predicted octanol–water partition coefficient (Wildman–Crippen LogP) is 9.36. The normalized spacial score (nSPS) is 11.6. The topological polar surface area (TPSA) is 25.2 Å². The van der Waals surface area contributed by atoms with Gasteiger partial charge in [-0.2, -0.15) is 0 Å². The van der Waals surface area contributed by atoms with Crippen LogP contribution in [0.4, 0.5) is 11.4 Å². The highest BCUT2D eigenvalue weighted by Crippen LogP contribution is 2.40. The van der Waals surface area contributed by atoms with Crippen LogP contribution in [0.25, 0.3) is 53.2 Å². The summed E-state index contributed by atoms with van der Waals surface area (Å²) in [7, 11) is 0. The number of anilines is 2. The van der Waals surface area contributed by atoms with Crippen molar-refractivity contribution in [3.05, 3.63) is 109 Å². The Morgan fingerprint density at radius 2 is 1.36 bits per heavy atom. The fourth-order valence-corrected chi connectivity index (χ4v) is 5.98. The maximum Gasteiger partial charge on any atom is 0.158 e. The summed E-state index contributed by atoms with van der Waals surface area (Å²) in [6, 6.07) is 38.3. The van der Waals surface area contributed by atoms with E-state index in [2.05, 4.69) is 102 Å². The molecule has 0 amide bonds. The molecule has 2 aromatic heterocycles. The Kier molecular flexibility index (Phi) is 4.05. The fraction of sp³-hybridized carbons (Fsp3) is 0. The van der Waals surface area contributed by atoms with E-state index in [4.69, 9.17) is 4.42 Å². The molecule has 2 heterocycles.